The van der Waals surface area contributed by atoms with E-state index in [1.54, 1.807) is 0 Å². The third kappa shape index (κ3) is 3.15. The van der Waals surface area contributed by atoms with E-state index in [1.165, 1.54) is 11.1 Å². The lowest BCUT2D eigenvalue weighted by atomic mass is 10.2. The summed E-state index contributed by atoms with van der Waals surface area (Å²) in [7, 11) is 0. The first-order valence-corrected chi connectivity index (χ1v) is 5.98. The van der Waals surface area contributed by atoms with Crippen molar-refractivity contribution in [2.45, 2.75) is 13.1 Å². The maximum atomic E-state index is 3.99. The zero-order chi connectivity index (χ0) is 11.2. The number of hydrogen-bond acceptors (Lipinski definition) is 2. The Morgan fingerprint density at radius 3 is 2.50 bits per heavy atom. The van der Waals surface area contributed by atoms with E-state index in [0.29, 0.717) is 0 Å². The molecule has 0 aliphatic heterocycles. The summed E-state index contributed by atoms with van der Waals surface area (Å²) in [4.78, 5) is 3.99. The van der Waals surface area contributed by atoms with Crippen molar-refractivity contribution in [1.29, 1.82) is 0 Å². The minimum Gasteiger partial charge on any atom is -0.309 e. The van der Waals surface area contributed by atoms with E-state index in [9.17, 15) is 0 Å². The minimum absolute atomic E-state index is 0.865. The van der Waals surface area contributed by atoms with Gasteiger partial charge in [0.15, 0.2) is 0 Å². The predicted molar refractivity (Wildman–Crippen MR) is 68.9 cm³/mol. The van der Waals surface area contributed by atoms with Gasteiger partial charge in [-0.15, -0.1) is 0 Å². The van der Waals surface area contributed by atoms with Crippen LogP contribution in [0.5, 0.6) is 0 Å². The molecule has 0 saturated heterocycles. The fraction of sp³-hybridized carbons (Fsp3) is 0.154. The predicted octanol–water partition coefficient (Wildman–Crippen LogP) is 3.13. The summed E-state index contributed by atoms with van der Waals surface area (Å²) >= 11 is 3.53. The molecule has 0 aliphatic carbocycles. The molecule has 0 aliphatic rings. The third-order valence-electron chi connectivity index (χ3n) is 2.35. The average molecular weight is 277 g/mol. The van der Waals surface area contributed by atoms with Gasteiger partial charge in [-0.05, 0) is 29.3 Å². The van der Waals surface area contributed by atoms with E-state index in [2.05, 4.69) is 38.4 Å². The molecule has 2 nitrogen and oxygen atoms in total. The standard InChI is InChI=1S/C13H13BrN2/c14-13-4-2-1-3-12(13)10-16-9-11-5-7-15-8-6-11/h1-8,16H,9-10H2. The molecule has 1 heterocycles. The molecular formula is C13H13BrN2. The van der Waals surface area contributed by atoms with Crippen LogP contribution in [0.25, 0.3) is 0 Å². The van der Waals surface area contributed by atoms with Crippen LogP contribution in [0.2, 0.25) is 0 Å². The molecule has 0 saturated carbocycles. The van der Waals surface area contributed by atoms with Crippen LogP contribution in [0.3, 0.4) is 0 Å². The van der Waals surface area contributed by atoms with Gasteiger partial charge in [-0.1, -0.05) is 34.1 Å². The Balaban J connectivity index is 1.87. The summed E-state index contributed by atoms with van der Waals surface area (Å²) in [5.41, 5.74) is 2.53. The number of benzene rings is 1. The quantitative estimate of drug-likeness (QED) is 0.928. The van der Waals surface area contributed by atoms with Gasteiger partial charge in [0.25, 0.3) is 0 Å². The molecule has 2 aromatic rings. The fourth-order valence-corrected chi connectivity index (χ4v) is 1.91. The Morgan fingerprint density at radius 1 is 1.00 bits per heavy atom. The van der Waals surface area contributed by atoms with Crippen molar-refractivity contribution in [1.82, 2.24) is 10.3 Å². The normalized spacial score (nSPS) is 10.3. The topological polar surface area (TPSA) is 24.9 Å². The number of nitrogens with zero attached hydrogens (tertiary/aromatic N) is 1. The van der Waals surface area contributed by atoms with Crippen molar-refractivity contribution in [3.8, 4) is 0 Å². The molecule has 1 aromatic carbocycles. The van der Waals surface area contributed by atoms with Crippen LogP contribution in [-0.4, -0.2) is 4.98 Å². The van der Waals surface area contributed by atoms with E-state index < -0.39 is 0 Å². The fourth-order valence-electron chi connectivity index (χ4n) is 1.48. The Labute approximate surface area is 104 Å². The van der Waals surface area contributed by atoms with Crippen molar-refractivity contribution in [2.24, 2.45) is 0 Å². The number of hydrogen-bond donors (Lipinski definition) is 1. The number of aromatic nitrogens is 1. The summed E-state index contributed by atoms with van der Waals surface area (Å²) in [6.45, 7) is 1.73. The third-order valence-corrected chi connectivity index (χ3v) is 3.13. The van der Waals surface area contributed by atoms with Crippen molar-refractivity contribution in [2.75, 3.05) is 0 Å². The van der Waals surface area contributed by atoms with Crippen molar-refractivity contribution in [3.63, 3.8) is 0 Å². The van der Waals surface area contributed by atoms with Crippen LogP contribution in [0.4, 0.5) is 0 Å². The molecule has 82 valence electrons. The summed E-state index contributed by atoms with van der Waals surface area (Å²) in [6.07, 6.45) is 3.63. The SMILES string of the molecule is Brc1ccccc1CNCc1ccncc1. The van der Waals surface area contributed by atoms with E-state index in [0.717, 1.165) is 17.6 Å². The van der Waals surface area contributed by atoms with Crippen LogP contribution < -0.4 is 5.32 Å². The van der Waals surface area contributed by atoms with Gasteiger partial charge in [0.05, 0.1) is 0 Å². The summed E-state index contributed by atoms with van der Waals surface area (Å²) in [5.74, 6) is 0. The lowest BCUT2D eigenvalue weighted by molar-refractivity contribution is 0.691. The molecule has 0 spiro atoms. The van der Waals surface area contributed by atoms with Crippen LogP contribution in [0, 0.1) is 0 Å². The molecule has 3 heteroatoms. The summed E-state index contributed by atoms with van der Waals surface area (Å²) in [5, 5.41) is 3.40. The van der Waals surface area contributed by atoms with Gasteiger partial charge >= 0.3 is 0 Å². The number of nitrogens with one attached hydrogen (secondary N) is 1. The maximum Gasteiger partial charge on any atom is 0.0271 e. The highest BCUT2D eigenvalue weighted by molar-refractivity contribution is 9.10. The van der Waals surface area contributed by atoms with Gasteiger partial charge in [-0.2, -0.15) is 0 Å². The number of pyridine rings is 1. The molecule has 1 N–H and O–H groups in total. The largest absolute Gasteiger partial charge is 0.309 e. The highest BCUT2D eigenvalue weighted by atomic mass is 79.9. The lowest BCUT2D eigenvalue weighted by Gasteiger charge is -2.06. The lowest BCUT2D eigenvalue weighted by Crippen LogP contribution is -2.12. The zero-order valence-corrected chi connectivity index (χ0v) is 10.4. The highest BCUT2D eigenvalue weighted by Crippen LogP contribution is 2.15. The molecule has 1 aromatic heterocycles. The van der Waals surface area contributed by atoms with E-state index in [4.69, 9.17) is 0 Å². The summed E-state index contributed by atoms with van der Waals surface area (Å²) < 4.78 is 1.15. The van der Waals surface area contributed by atoms with Crippen LogP contribution >= 0.6 is 15.9 Å². The smallest absolute Gasteiger partial charge is 0.0271 e. The first-order valence-electron chi connectivity index (χ1n) is 5.19. The Hall–Kier alpha value is -1.19. The molecule has 0 unspecified atom stereocenters. The van der Waals surface area contributed by atoms with E-state index in [1.807, 2.05) is 36.7 Å². The monoisotopic (exact) mass is 276 g/mol. The van der Waals surface area contributed by atoms with E-state index in [-0.39, 0.29) is 0 Å². The molecule has 0 radical (unpaired) electrons. The molecular weight excluding hydrogens is 264 g/mol. The van der Waals surface area contributed by atoms with Crippen molar-refractivity contribution >= 4 is 15.9 Å². The van der Waals surface area contributed by atoms with Gasteiger partial charge in [0.1, 0.15) is 0 Å². The van der Waals surface area contributed by atoms with Crippen molar-refractivity contribution in [3.05, 3.63) is 64.4 Å². The average Bonchev–Trinajstić information content (AvgIpc) is 2.33. The highest BCUT2D eigenvalue weighted by Gasteiger charge is 1.97. The van der Waals surface area contributed by atoms with E-state index >= 15 is 0 Å². The van der Waals surface area contributed by atoms with Gasteiger partial charge in [-0.3, -0.25) is 4.98 Å². The Bertz CT molecular complexity index is 443. The summed E-state index contributed by atoms with van der Waals surface area (Å²) in [6, 6.07) is 12.3. The molecule has 16 heavy (non-hydrogen) atoms. The Kier molecular flexibility index (Phi) is 4.08. The minimum atomic E-state index is 0.865. The van der Waals surface area contributed by atoms with Gasteiger partial charge in [0, 0.05) is 30.0 Å². The molecule has 0 bridgehead atoms. The van der Waals surface area contributed by atoms with Gasteiger partial charge in [-0.25, -0.2) is 0 Å². The molecule has 0 atom stereocenters. The first-order chi connectivity index (χ1) is 7.86. The first kappa shape index (κ1) is 11.3. The second kappa shape index (κ2) is 5.77. The zero-order valence-electron chi connectivity index (χ0n) is 8.86. The van der Waals surface area contributed by atoms with Crippen LogP contribution in [0.1, 0.15) is 11.1 Å². The maximum absolute atomic E-state index is 3.99. The molecule has 2 rings (SSSR count). The number of rotatable bonds is 4. The second-order valence-corrected chi connectivity index (χ2v) is 4.40. The van der Waals surface area contributed by atoms with Crippen LogP contribution in [-0.2, 0) is 13.1 Å². The van der Waals surface area contributed by atoms with Crippen molar-refractivity contribution < 1.29 is 0 Å². The van der Waals surface area contributed by atoms with Gasteiger partial charge in [0.2, 0.25) is 0 Å². The number of halogens is 1. The second-order valence-electron chi connectivity index (χ2n) is 3.55. The van der Waals surface area contributed by atoms with Gasteiger partial charge < -0.3 is 5.32 Å². The van der Waals surface area contributed by atoms with Crippen LogP contribution in [0.15, 0.2) is 53.3 Å². The molecule has 0 amide bonds. The molecule has 0 fully saturated rings. The Morgan fingerprint density at radius 2 is 1.75 bits per heavy atom.